The fourth-order valence-corrected chi connectivity index (χ4v) is 3.43. The van der Waals surface area contributed by atoms with E-state index in [9.17, 15) is 9.59 Å². The third-order valence-electron chi connectivity index (χ3n) is 3.33. The molecule has 0 saturated carbocycles. The van der Waals surface area contributed by atoms with E-state index < -0.39 is 0 Å². The lowest BCUT2D eigenvalue weighted by Gasteiger charge is -2.12. The van der Waals surface area contributed by atoms with Crippen molar-refractivity contribution in [1.82, 2.24) is 10.2 Å². The van der Waals surface area contributed by atoms with Crippen molar-refractivity contribution < 1.29 is 9.59 Å². The second-order valence-corrected chi connectivity index (χ2v) is 6.50. The van der Waals surface area contributed by atoms with Gasteiger partial charge in [-0.25, -0.2) is 0 Å². The van der Waals surface area contributed by atoms with Gasteiger partial charge in [0.25, 0.3) is 0 Å². The number of amides is 2. The summed E-state index contributed by atoms with van der Waals surface area (Å²) in [5.41, 5.74) is 2.46. The molecule has 1 atom stereocenters. The number of carbonyl (C=O) groups is 2. The number of hydrogen-bond donors (Lipinski definition) is 1. The van der Waals surface area contributed by atoms with E-state index >= 15 is 0 Å². The number of rotatable bonds is 4. The molecule has 4 nitrogen and oxygen atoms in total. The summed E-state index contributed by atoms with van der Waals surface area (Å²) in [6.45, 7) is 2.46. The fraction of sp³-hybridized carbons (Fsp3) is 0.467. The average Bonchev–Trinajstić information content (AvgIpc) is 2.81. The molecule has 1 N–H and O–H groups in total. The number of thioether (sulfide) groups is 1. The molecule has 1 aromatic carbocycles. The normalized spacial score (nSPS) is 16.6. The zero-order valence-corrected chi connectivity index (χ0v) is 12.9. The minimum Gasteiger partial charge on any atom is -0.355 e. The van der Waals surface area contributed by atoms with Crippen LogP contribution in [0.2, 0.25) is 0 Å². The van der Waals surface area contributed by atoms with Crippen LogP contribution < -0.4 is 5.32 Å². The Morgan fingerprint density at radius 2 is 2.15 bits per heavy atom. The monoisotopic (exact) mass is 292 g/mol. The molecular weight excluding hydrogens is 272 g/mol. The zero-order chi connectivity index (χ0) is 14.7. The minimum absolute atomic E-state index is 0.0235. The first-order chi connectivity index (χ1) is 9.47. The summed E-state index contributed by atoms with van der Waals surface area (Å²) >= 11 is 1.62. The summed E-state index contributed by atoms with van der Waals surface area (Å²) in [7, 11) is 3.44. The molecule has 2 amide bonds. The van der Waals surface area contributed by atoms with Crippen molar-refractivity contribution in [1.29, 1.82) is 0 Å². The molecule has 20 heavy (non-hydrogen) atoms. The number of carbonyl (C=O) groups excluding carboxylic acids is 2. The number of fused-ring (bicyclic) bond motifs is 1. The molecule has 0 spiro atoms. The first kappa shape index (κ1) is 14.9. The molecule has 5 heteroatoms. The van der Waals surface area contributed by atoms with E-state index in [1.807, 2.05) is 0 Å². The molecule has 0 aromatic heterocycles. The summed E-state index contributed by atoms with van der Waals surface area (Å²) in [5.74, 6) is 0.0543. The van der Waals surface area contributed by atoms with Gasteiger partial charge in [-0.2, -0.15) is 0 Å². The topological polar surface area (TPSA) is 49.4 Å². The first-order valence-corrected chi connectivity index (χ1v) is 7.59. The lowest BCUT2D eigenvalue weighted by Crippen LogP contribution is -2.35. The molecule has 2 rings (SSSR count). The van der Waals surface area contributed by atoms with Crippen LogP contribution in [0.15, 0.2) is 23.1 Å². The van der Waals surface area contributed by atoms with E-state index in [0.29, 0.717) is 13.0 Å². The Hall–Kier alpha value is -1.49. The second-order valence-electron chi connectivity index (χ2n) is 5.25. The number of nitrogens with one attached hydrogen (secondary N) is 1. The molecule has 108 valence electrons. The molecule has 0 unspecified atom stereocenters. The Kier molecular flexibility index (Phi) is 4.70. The quantitative estimate of drug-likeness (QED) is 0.917. The molecule has 0 saturated heterocycles. The summed E-state index contributed by atoms with van der Waals surface area (Å²) in [6.07, 6.45) is 1.12. The number of benzene rings is 1. The Morgan fingerprint density at radius 1 is 1.40 bits per heavy atom. The van der Waals surface area contributed by atoms with Crippen LogP contribution in [0.1, 0.15) is 17.5 Å². The van der Waals surface area contributed by atoms with Crippen LogP contribution in [0.5, 0.6) is 0 Å². The summed E-state index contributed by atoms with van der Waals surface area (Å²) in [4.78, 5) is 26.3. The lowest BCUT2D eigenvalue weighted by molar-refractivity contribution is -0.128. The maximum atomic E-state index is 12.1. The predicted octanol–water partition coefficient (Wildman–Crippen LogP) is 1.61. The van der Waals surface area contributed by atoms with Gasteiger partial charge in [0.05, 0.1) is 5.25 Å². The van der Waals surface area contributed by atoms with E-state index in [1.165, 1.54) is 20.9 Å². The predicted molar refractivity (Wildman–Crippen MR) is 80.8 cm³/mol. The van der Waals surface area contributed by atoms with Crippen molar-refractivity contribution in [3.05, 3.63) is 29.3 Å². The molecule has 1 aromatic rings. The lowest BCUT2D eigenvalue weighted by atomic mass is 10.1. The van der Waals surface area contributed by atoms with Gasteiger partial charge in [-0.1, -0.05) is 17.7 Å². The van der Waals surface area contributed by atoms with Crippen LogP contribution in [-0.2, 0) is 16.0 Å². The Balaban J connectivity index is 1.83. The molecule has 1 aliphatic heterocycles. The van der Waals surface area contributed by atoms with Crippen LogP contribution >= 0.6 is 11.8 Å². The summed E-state index contributed by atoms with van der Waals surface area (Å²) in [6, 6.07) is 6.30. The van der Waals surface area contributed by atoms with Crippen molar-refractivity contribution in [2.24, 2.45) is 0 Å². The van der Waals surface area contributed by atoms with E-state index in [1.54, 1.807) is 25.9 Å². The number of nitrogens with zero attached hydrogens (tertiary/aromatic N) is 1. The van der Waals surface area contributed by atoms with E-state index in [4.69, 9.17) is 0 Å². The smallest absolute Gasteiger partial charge is 0.233 e. The minimum atomic E-state index is -0.0683. The van der Waals surface area contributed by atoms with Crippen molar-refractivity contribution in [2.45, 2.75) is 29.9 Å². The molecule has 0 fully saturated rings. The maximum absolute atomic E-state index is 12.1. The summed E-state index contributed by atoms with van der Waals surface area (Å²) in [5, 5.41) is 2.78. The Labute approximate surface area is 123 Å². The van der Waals surface area contributed by atoms with Gasteiger partial charge < -0.3 is 10.2 Å². The largest absolute Gasteiger partial charge is 0.355 e. The van der Waals surface area contributed by atoms with Crippen LogP contribution in [0, 0.1) is 6.92 Å². The van der Waals surface area contributed by atoms with Crippen molar-refractivity contribution in [2.75, 3.05) is 20.6 Å². The number of hydrogen-bond acceptors (Lipinski definition) is 3. The molecule has 1 aliphatic rings. The third kappa shape index (κ3) is 3.54. The van der Waals surface area contributed by atoms with Crippen LogP contribution in [-0.4, -0.2) is 42.6 Å². The van der Waals surface area contributed by atoms with Gasteiger partial charge in [-0.15, -0.1) is 11.8 Å². The standard InChI is InChI=1S/C15H20N2O2S/c1-10-4-5-11-9-13(20-12(11)8-10)15(19)16-7-6-14(18)17(2)3/h4-5,8,13H,6-7,9H2,1-3H3,(H,16,19)/t13-/m1/s1. The van der Waals surface area contributed by atoms with Gasteiger partial charge in [0.15, 0.2) is 0 Å². The highest BCUT2D eigenvalue weighted by Gasteiger charge is 2.28. The molecule has 0 bridgehead atoms. The second kappa shape index (κ2) is 6.31. The van der Waals surface area contributed by atoms with Gasteiger partial charge in [0, 0.05) is 32.0 Å². The van der Waals surface area contributed by atoms with Gasteiger partial charge in [0.2, 0.25) is 11.8 Å². The Bertz CT molecular complexity index is 529. The van der Waals surface area contributed by atoms with Gasteiger partial charge in [0.1, 0.15) is 0 Å². The van der Waals surface area contributed by atoms with E-state index in [0.717, 1.165) is 6.42 Å². The first-order valence-electron chi connectivity index (χ1n) is 6.71. The average molecular weight is 292 g/mol. The number of aryl methyl sites for hydroxylation is 1. The molecule has 0 aliphatic carbocycles. The van der Waals surface area contributed by atoms with E-state index in [2.05, 4.69) is 30.4 Å². The van der Waals surface area contributed by atoms with Crippen LogP contribution in [0.25, 0.3) is 0 Å². The van der Waals surface area contributed by atoms with Crippen molar-refractivity contribution in [3.8, 4) is 0 Å². The molecular formula is C15H20N2O2S. The molecule has 0 radical (unpaired) electrons. The van der Waals surface area contributed by atoms with Gasteiger partial charge in [-0.3, -0.25) is 9.59 Å². The molecule has 1 heterocycles. The highest BCUT2D eigenvalue weighted by molar-refractivity contribution is 8.01. The highest BCUT2D eigenvalue weighted by Crippen LogP contribution is 2.37. The SMILES string of the molecule is Cc1ccc2c(c1)S[C@@H](C(=O)NCCC(=O)N(C)C)C2. The summed E-state index contributed by atoms with van der Waals surface area (Å²) < 4.78 is 0. The zero-order valence-electron chi connectivity index (χ0n) is 12.1. The third-order valence-corrected chi connectivity index (χ3v) is 4.63. The van der Waals surface area contributed by atoms with Gasteiger partial charge in [-0.05, 0) is 25.0 Å². The maximum Gasteiger partial charge on any atom is 0.233 e. The Morgan fingerprint density at radius 3 is 2.85 bits per heavy atom. The van der Waals surface area contributed by atoms with Crippen molar-refractivity contribution >= 4 is 23.6 Å². The van der Waals surface area contributed by atoms with Gasteiger partial charge >= 0.3 is 0 Å². The fourth-order valence-electron chi connectivity index (χ4n) is 2.11. The van der Waals surface area contributed by atoms with E-state index in [-0.39, 0.29) is 17.1 Å². The highest BCUT2D eigenvalue weighted by atomic mass is 32.2. The van der Waals surface area contributed by atoms with Crippen LogP contribution in [0.4, 0.5) is 0 Å². The van der Waals surface area contributed by atoms with Crippen LogP contribution in [0.3, 0.4) is 0 Å². The van der Waals surface area contributed by atoms with Crippen molar-refractivity contribution in [3.63, 3.8) is 0 Å².